The Morgan fingerprint density at radius 2 is 1.60 bits per heavy atom. The Bertz CT molecular complexity index is 396. The summed E-state index contributed by atoms with van der Waals surface area (Å²) in [4.78, 5) is 22.4. The van der Waals surface area contributed by atoms with Crippen LogP contribution in [0.15, 0.2) is 12.1 Å². The lowest BCUT2D eigenvalue weighted by atomic mass is 10.0. The second kappa shape index (κ2) is 4.26. The zero-order valence-corrected chi connectivity index (χ0v) is 9.38. The smallest absolute Gasteiger partial charge is 0.228 e. The summed E-state index contributed by atoms with van der Waals surface area (Å²) >= 11 is 0. The number of ether oxygens (including phenoxy) is 1. The van der Waals surface area contributed by atoms with E-state index in [0.29, 0.717) is 5.56 Å². The summed E-state index contributed by atoms with van der Waals surface area (Å²) in [5, 5.41) is 0. The zero-order valence-electron chi connectivity index (χ0n) is 9.38. The number of methoxy groups -OCH3 is 1. The maximum atomic E-state index is 11.5. The van der Waals surface area contributed by atoms with Crippen molar-refractivity contribution in [2.45, 2.75) is 20.8 Å². The van der Waals surface area contributed by atoms with Crippen molar-refractivity contribution in [3.63, 3.8) is 0 Å². The standard InChI is InChI=1S/C12H14O3/c1-7-5-10(11(14)9(3)13)6-8(2)12(7)15-4/h5-6H,1-4H3. The first-order chi connectivity index (χ1) is 6.97. The van der Waals surface area contributed by atoms with Crippen LogP contribution in [0.2, 0.25) is 0 Å². The normalized spacial score (nSPS) is 9.87. The van der Waals surface area contributed by atoms with Crippen LogP contribution in [0, 0.1) is 13.8 Å². The molecule has 0 fully saturated rings. The number of hydrogen-bond donors (Lipinski definition) is 0. The molecule has 0 bridgehead atoms. The number of rotatable bonds is 3. The van der Waals surface area contributed by atoms with E-state index in [1.165, 1.54) is 6.92 Å². The molecule has 1 aromatic rings. The van der Waals surface area contributed by atoms with Gasteiger partial charge in [-0.2, -0.15) is 0 Å². The molecule has 0 N–H and O–H groups in total. The van der Waals surface area contributed by atoms with Gasteiger partial charge in [-0.3, -0.25) is 9.59 Å². The number of ketones is 2. The van der Waals surface area contributed by atoms with Gasteiger partial charge in [-0.25, -0.2) is 0 Å². The molecule has 15 heavy (non-hydrogen) atoms. The van der Waals surface area contributed by atoms with Crippen LogP contribution >= 0.6 is 0 Å². The van der Waals surface area contributed by atoms with Crippen molar-refractivity contribution in [3.05, 3.63) is 28.8 Å². The summed E-state index contributed by atoms with van der Waals surface area (Å²) in [5.41, 5.74) is 2.16. The van der Waals surface area contributed by atoms with Crippen molar-refractivity contribution in [3.8, 4) is 5.75 Å². The summed E-state index contributed by atoms with van der Waals surface area (Å²) in [6.45, 7) is 4.97. The number of aryl methyl sites for hydroxylation is 2. The first kappa shape index (κ1) is 11.4. The van der Waals surface area contributed by atoms with Gasteiger partial charge in [0.15, 0.2) is 5.78 Å². The molecule has 0 heterocycles. The third-order valence-corrected chi connectivity index (χ3v) is 2.25. The maximum Gasteiger partial charge on any atom is 0.228 e. The number of benzene rings is 1. The van der Waals surface area contributed by atoms with Crippen LogP contribution in [0.25, 0.3) is 0 Å². The number of hydrogen-bond acceptors (Lipinski definition) is 3. The van der Waals surface area contributed by atoms with Crippen molar-refractivity contribution in [2.75, 3.05) is 7.11 Å². The molecule has 0 aromatic heterocycles. The van der Waals surface area contributed by atoms with Gasteiger partial charge in [0.1, 0.15) is 5.75 Å². The molecule has 0 saturated carbocycles. The molecule has 1 rings (SSSR count). The van der Waals surface area contributed by atoms with E-state index in [4.69, 9.17) is 4.74 Å². The molecular weight excluding hydrogens is 192 g/mol. The third-order valence-electron chi connectivity index (χ3n) is 2.25. The molecule has 1 aromatic carbocycles. The van der Waals surface area contributed by atoms with Crippen LogP contribution in [0.5, 0.6) is 5.75 Å². The topological polar surface area (TPSA) is 43.4 Å². The van der Waals surface area contributed by atoms with Gasteiger partial charge in [0.25, 0.3) is 0 Å². The number of carbonyl (C=O) groups is 2. The molecule has 0 spiro atoms. The highest BCUT2D eigenvalue weighted by molar-refractivity contribution is 6.42. The van der Waals surface area contributed by atoms with Crippen LogP contribution in [-0.2, 0) is 4.79 Å². The van der Waals surface area contributed by atoms with Crippen molar-refractivity contribution in [2.24, 2.45) is 0 Å². The molecule has 0 radical (unpaired) electrons. The SMILES string of the molecule is COc1c(C)cc(C(=O)C(C)=O)cc1C. The molecule has 0 aliphatic rings. The van der Waals surface area contributed by atoms with E-state index in [2.05, 4.69) is 0 Å². The van der Waals surface area contributed by atoms with Gasteiger partial charge in [0.2, 0.25) is 5.78 Å². The second-order valence-electron chi connectivity index (χ2n) is 3.53. The van der Waals surface area contributed by atoms with E-state index >= 15 is 0 Å². The average molecular weight is 206 g/mol. The van der Waals surface area contributed by atoms with E-state index in [1.807, 2.05) is 13.8 Å². The third kappa shape index (κ3) is 2.24. The van der Waals surface area contributed by atoms with Crippen LogP contribution in [0.3, 0.4) is 0 Å². The van der Waals surface area contributed by atoms with Gasteiger partial charge in [0.05, 0.1) is 7.11 Å². The average Bonchev–Trinajstić information content (AvgIpc) is 2.15. The molecule has 0 amide bonds. The van der Waals surface area contributed by atoms with E-state index in [-0.39, 0.29) is 0 Å². The summed E-state index contributed by atoms with van der Waals surface area (Å²) in [6, 6.07) is 3.35. The predicted molar refractivity (Wildman–Crippen MR) is 57.5 cm³/mol. The lowest BCUT2D eigenvalue weighted by molar-refractivity contribution is -0.113. The molecule has 0 atom stereocenters. The highest BCUT2D eigenvalue weighted by atomic mass is 16.5. The fraction of sp³-hybridized carbons (Fsp3) is 0.333. The van der Waals surface area contributed by atoms with E-state index < -0.39 is 11.6 Å². The minimum atomic E-state index is -0.455. The van der Waals surface area contributed by atoms with E-state index in [9.17, 15) is 9.59 Å². The quantitative estimate of drug-likeness (QED) is 0.561. The van der Waals surface area contributed by atoms with E-state index in [0.717, 1.165) is 16.9 Å². The van der Waals surface area contributed by atoms with Crippen LogP contribution in [-0.4, -0.2) is 18.7 Å². The summed E-state index contributed by atoms with van der Waals surface area (Å²) in [7, 11) is 1.59. The summed E-state index contributed by atoms with van der Waals surface area (Å²) < 4.78 is 5.17. The Hall–Kier alpha value is -1.64. The maximum absolute atomic E-state index is 11.5. The zero-order chi connectivity index (χ0) is 11.6. The Kier molecular flexibility index (Phi) is 3.24. The van der Waals surface area contributed by atoms with Crippen molar-refractivity contribution < 1.29 is 14.3 Å². The highest BCUT2D eigenvalue weighted by Crippen LogP contribution is 2.24. The Labute approximate surface area is 89.1 Å². The predicted octanol–water partition coefficient (Wildman–Crippen LogP) is 2.08. The van der Waals surface area contributed by atoms with Crippen LogP contribution in [0.1, 0.15) is 28.4 Å². The van der Waals surface area contributed by atoms with Gasteiger partial charge >= 0.3 is 0 Å². The largest absolute Gasteiger partial charge is 0.496 e. The number of Topliss-reactive ketones (excluding diaryl/α,β-unsaturated/α-hetero) is 2. The Morgan fingerprint density at radius 3 is 1.93 bits per heavy atom. The van der Waals surface area contributed by atoms with Gasteiger partial charge in [-0.1, -0.05) is 0 Å². The van der Waals surface area contributed by atoms with E-state index in [1.54, 1.807) is 19.2 Å². The summed E-state index contributed by atoms with van der Waals surface area (Å²) in [6.07, 6.45) is 0. The van der Waals surface area contributed by atoms with Crippen molar-refractivity contribution in [1.82, 2.24) is 0 Å². The Morgan fingerprint density at radius 1 is 1.13 bits per heavy atom. The Balaban J connectivity index is 3.26. The second-order valence-corrected chi connectivity index (χ2v) is 3.53. The lowest BCUT2D eigenvalue weighted by Gasteiger charge is -2.09. The first-order valence-electron chi connectivity index (χ1n) is 4.68. The molecule has 3 nitrogen and oxygen atoms in total. The van der Waals surface area contributed by atoms with Crippen LogP contribution < -0.4 is 4.74 Å². The first-order valence-corrected chi connectivity index (χ1v) is 4.68. The molecule has 0 unspecified atom stereocenters. The molecule has 80 valence electrons. The van der Waals surface area contributed by atoms with Gasteiger partial charge in [-0.15, -0.1) is 0 Å². The molecule has 0 aliphatic carbocycles. The minimum Gasteiger partial charge on any atom is -0.496 e. The van der Waals surface area contributed by atoms with Crippen molar-refractivity contribution >= 4 is 11.6 Å². The summed E-state index contributed by atoms with van der Waals surface area (Å²) in [5.74, 6) is -0.141. The molecular formula is C12H14O3. The minimum absolute atomic E-state index is 0.429. The molecule has 0 saturated heterocycles. The van der Waals surface area contributed by atoms with Crippen molar-refractivity contribution in [1.29, 1.82) is 0 Å². The fourth-order valence-corrected chi connectivity index (χ4v) is 1.61. The molecule has 3 heteroatoms. The fourth-order valence-electron chi connectivity index (χ4n) is 1.61. The monoisotopic (exact) mass is 206 g/mol. The number of carbonyl (C=O) groups excluding carboxylic acids is 2. The highest BCUT2D eigenvalue weighted by Gasteiger charge is 2.14. The van der Waals surface area contributed by atoms with Gasteiger partial charge in [0, 0.05) is 12.5 Å². The molecule has 0 aliphatic heterocycles. The van der Waals surface area contributed by atoms with Gasteiger partial charge < -0.3 is 4.74 Å². The van der Waals surface area contributed by atoms with Crippen LogP contribution in [0.4, 0.5) is 0 Å². The lowest BCUT2D eigenvalue weighted by Crippen LogP contribution is -2.10. The van der Waals surface area contributed by atoms with Gasteiger partial charge in [-0.05, 0) is 37.1 Å².